The smallest absolute Gasteiger partial charge is 0.259 e. The first-order chi connectivity index (χ1) is 25.1. The Kier molecular flexibility index (Phi) is 9.62. The molecule has 0 spiro atoms. The second-order valence-corrected chi connectivity index (χ2v) is 16.4. The summed E-state index contributed by atoms with van der Waals surface area (Å²) in [6.45, 7) is 3.60. The number of nitrogens with two attached hydrogens (primary N) is 1. The average Bonchev–Trinajstić information content (AvgIpc) is 3.60. The maximum Gasteiger partial charge on any atom is 0.416 e. The molecule has 7 rings (SSSR count). The van der Waals surface area contributed by atoms with Crippen molar-refractivity contribution in [3.05, 3.63) is 142 Å². The summed E-state index contributed by atoms with van der Waals surface area (Å²) in [4.78, 5) is 28.1. The van der Waals surface area contributed by atoms with Gasteiger partial charge in [0, 0.05) is 46.0 Å². The zero-order valence-electron chi connectivity index (χ0n) is 27.7. The Morgan fingerprint density at radius 3 is 1.72 bits per heavy atom. The van der Waals surface area contributed by atoms with Crippen LogP contribution in [0, 0.1) is 13.8 Å². The fourth-order valence-corrected chi connectivity index (χ4v) is 8.53. The Balaban J connectivity index is 1.31. The molecular formula is C37H26Cl2F3N7O2S2. The van der Waals surface area contributed by atoms with Gasteiger partial charge in [0.2, 0.25) is 10.0 Å². The summed E-state index contributed by atoms with van der Waals surface area (Å²) >= 11 is 13.5. The molecule has 16 heteroatoms. The van der Waals surface area contributed by atoms with Gasteiger partial charge in [0.25, 0.3) is 0 Å². The lowest BCUT2D eigenvalue weighted by molar-refractivity contribution is -0.137. The summed E-state index contributed by atoms with van der Waals surface area (Å²) < 4.78 is 62.6. The third kappa shape index (κ3) is 7.55. The van der Waals surface area contributed by atoms with Crippen molar-refractivity contribution in [2.45, 2.75) is 29.4 Å². The highest BCUT2D eigenvalue weighted by Crippen LogP contribution is 2.51. The highest BCUT2D eigenvalue weighted by molar-refractivity contribution is 8.14. The third-order valence-corrected chi connectivity index (χ3v) is 12.3. The fraction of sp³-hybridized carbons (Fsp3) is 0.135. The molecule has 2 atom stereocenters. The van der Waals surface area contributed by atoms with Crippen LogP contribution in [-0.2, 0) is 20.9 Å². The van der Waals surface area contributed by atoms with Gasteiger partial charge in [0.1, 0.15) is 9.33 Å². The number of thioether (sulfide) groups is 1. The lowest BCUT2D eigenvalue weighted by Crippen LogP contribution is -2.28. The number of halogens is 5. The van der Waals surface area contributed by atoms with Crippen LogP contribution < -0.4 is 5.14 Å². The molecule has 5 heterocycles. The molecule has 9 nitrogen and oxygen atoms in total. The Morgan fingerprint density at radius 1 is 0.698 bits per heavy atom. The van der Waals surface area contributed by atoms with Crippen LogP contribution in [-0.4, -0.2) is 42.9 Å². The van der Waals surface area contributed by atoms with E-state index in [1.165, 1.54) is 18.2 Å². The van der Waals surface area contributed by atoms with Crippen LogP contribution in [0.25, 0.3) is 45.3 Å². The highest BCUT2D eigenvalue weighted by Gasteiger charge is 2.45. The molecule has 0 saturated carbocycles. The largest absolute Gasteiger partial charge is 0.416 e. The molecule has 1 aliphatic heterocycles. The minimum atomic E-state index is -4.47. The van der Waals surface area contributed by atoms with Gasteiger partial charge in [0.15, 0.2) is 11.6 Å². The standard InChI is InChI=1S/C37H26Cl2F3N7O2S2/c1-20-15-29(22-3-6-26(7-4-22)37(40,41)42)48-34(46-20)24-10-13-44-31(18-24)36(12-9-33(52-36)53(43,50)51)32-19-25(11-14-45-32)35-47-21(2)16-30(49-35)23-5-8-27(38)28(39)17-23/h3-19,33H,1-2H3,(H2,43,50,51). The first-order valence-corrected chi connectivity index (χ1v) is 19.0. The molecule has 4 aromatic heterocycles. The first-order valence-electron chi connectivity index (χ1n) is 15.8. The predicted molar refractivity (Wildman–Crippen MR) is 200 cm³/mol. The maximum atomic E-state index is 13.2. The summed E-state index contributed by atoms with van der Waals surface area (Å²) in [5, 5.41) is 6.42. The average molecular weight is 793 g/mol. The van der Waals surface area contributed by atoms with Gasteiger partial charge in [-0.05, 0) is 74.5 Å². The monoisotopic (exact) mass is 791 g/mol. The molecule has 53 heavy (non-hydrogen) atoms. The lowest BCUT2D eigenvalue weighted by atomic mass is 9.95. The van der Waals surface area contributed by atoms with E-state index in [1.54, 1.807) is 67.9 Å². The number of hydrogen-bond donors (Lipinski definition) is 1. The molecule has 0 fully saturated rings. The Bertz CT molecular complexity index is 2540. The van der Waals surface area contributed by atoms with Crippen molar-refractivity contribution in [2.24, 2.45) is 5.14 Å². The van der Waals surface area contributed by atoms with Gasteiger partial charge >= 0.3 is 6.18 Å². The quantitative estimate of drug-likeness (QED) is 0.157. The minimum absolute atomic E-state index is 0.290. The van der Waals surface area contributed by atoms with Gasteiger partial charge in [-0.3, -0.25) is 9.97 Å². The van der Waals surface area contributed by atoms with Gasteiger partial charge in [-0.2, -0.15) is 13.2 Å². The van der Waals surface area contributed by atoms with Crippen LogP contribution in [0.3, 0.4) is 0 Å². The number of rotatable bonds is 7. The minimum Gasteiger partial charge on any atom is -0.259 e. The summed E-state index contributed by atoms with van der Waals surface area (Å²) in [5.41, 5.74) is 4.74. The molecule has 2 N–H and O–H groups in total. The van der Waals surface area contributed by atoms with E-state index in [-0.39, 0.29) is 0 Å². The fourth-order valence-electron chi connectivity index (χ4n) is 5.80. The zero-order valence-corrected chi connectivity index (χ0v) is 30.8. The number of hydrogen-bond acceptors (Lipinski definition) is 9. The topological polar surface area (TPSA) is 138 Å². The highest BCUT2D eigenvalue weighted by atomic mass is 35.5. The van der Waals surface area contributed by atoms with Crippen molar-refractivity contribution in [1.29, 1.82) is 0 Å². The first kappa shape index (κ1) is 36.6. The van der Waals surface area contributed by atoms with E-state index >= 15 is 0 Å². The lowest BCUT2D eigenvalue weighted by Gasteiger charge is -2.27. The Labute approximate surface area is 316 Å². The molecule has 0 aliphatic carbocycles. The van der Waals surface area contributed by atoms with Crippen LogP contribution >= 0.6 is 35.0 Å². The predicted octanol–water partition coefficient (Wildman–Crippen LogP) is 8.83. The van der Waals surface area contributed by atoms with Gasteiger partial charge in [0.05, 0.1) is 38.4 Å². The van der Waals surface area contributed by atoms with Crippen LogP contribution in [0.15, 0.2) is 103 Å². The van der Waals surface area contributed by atoms with E-state index in [9.17, 15) is 21.6 Å². The maximum absolute atomic E-state index is 13.2. The number of sulfonamides is 1. The zero-order chi connectivity index (χ0) is 37.7. The van der Waals surface area contributed by atoms with E-state index in [0.29, 0.717) is 72.5 Å². The number of benzene rings is 2. The number of alkyl halides is 3. The number of nitrogens with zero attached hydrogens (tertiary/aromatic N) is 6. The van der Waals surface area contributed by atoms with Crippen LogP contribution in [0.5, 0.6) is 0 Å². The molecule has 0 radical (unpaired) electrons. The molecule has 2 aromatic carbocycles. The second-order valence-electron chi connectivity index (χ2n) is 12.2. The van der Waals surface area contributed by atoms with Crippen molar-refractivity contribution >= 4 is 45.0 Å². The molecule has 0 saturated heterocycles. The van der Waals surface area contributed by atoms with Crippen molar-refractivity contribution in [3.8, 4) is 45.3 Å². The van der Waals surface area contributed by atoms with Crippen LogP contribution in [0.1, 0.15) is 28.3 Å². The number of aryl methyl sites for hydroxylation is 2. The molecule has 268 valence electrons. The van der Waals surface area contributed by atoms with Crippen molar-refractivity contribution < 1.29 is 21.6 Å². The number of pyridine rings is 2. The summed E-state index contributed by atoms with van der Waals surface area (Å²) in [7, 11) is -4.04. The summed E-state index contributed by atoms with van der Waals surface area (Å²) in [6.07, 6.45) is 1.86. The van der Waals surface area contributed by atoms with E-state index in [1.807, 2.05) is 19.1 Å². The number of aromatic nitrogens is 6. The molecule has 1 aliphatic rings. The Hall–Kier alpha value is -4.73. The van der Waals surface area contributed by atoms with Crippen LogP contribution in [0.2, 0.25) is 10.0 Å². The number of primary sulfonamides is 1. The van der Waals surface area contributed by atoms with E-state index < -0.39 is 31.1 Å². The van der Waals surface area contributed by atoms with Gasteiger partial charge in [-0.15, -0.1) is 11.8 Å². The SMILES string of the molecule is Cc1cc(-c2ccc(C(F)(F)F)cc2)nc(-c2ccnc(C3(c4cc(-c5nc(C)cc(-c6ccc(Cl)c(Cl)c6)n5)ccn4)C=CC(S(N)(=O)=O)S3)c2)n1. The molecule has 0 bridgehead atoms. The summed E-state index contributed by atoms with van der Waals surface area (Å²) in [5.74, 6) is 0.684. The molecule has 2 unspecified atom stereocenters. The second kappa shape index (κ2) is 13.9. The summed E-state index contributed by atoms with van der Waals surface area (Å²) in [6, 6.07) is 20.4. The third-order valence-electron chi connectivity index (χ3n) is 8.34. The van der Waals surface area contributed by atoms with Crippen LogP contribution in [0.4, 0.5) is 13.2 Å². The molecule has 0 amide bonds. The Morgan fingerprint density at radius 2 is 1.23 bits per heavy atom. The van der Waals surface area contributed by atoms with E-state index in [0.717, 1.165) is 29.5 Å². The van der Waals surface area contributed by atoms with Crippen molar-refractivity contribution in [1.82, 2.24) is 29.9 Å². The van der Waals surface area contributed by atoms with Gasteiger partial charge in [-0.25, -0.2) is 33.5 Å². The van der Waals surface area contributed by atoms with Crippen molar-refractivity contribution in [2.75, 3.05) is 0 Å². The van der Waals surface area contributed by atoms with E-state index in [4.69, 9.17) is 33.3 Å². The van der Waals surface area contributed by atoms with Crippen molar-refractivity contribution in [3.63, 3.8) is 0 Å². The van der Waals surface area contributed by atoms with Gasteiger partial charge in [-0.1, -0.05) is 53.6 Å². The molecule has 6 aromatic rings. The molecular weight excluding hydrogens is 766 g/mol. The normalized spacial score (nSPS) is 17.3. The van der Waals surface area contributed by atoms with Gasteiger partial charge < -0.3 is 0 Å². The van der Waals surface area contributed by atoms with E-state index in [2.05, 4.69) is 24.9 Å².